The van der Waals surface area contributed by atoms with Crippen LogP contribution in [0.5, 0.6) is 0 Å². The number of halogens is 1. The van der Waals surface area contributed by atoms with Crippen LogP contribution in [0.2, 0.25) is 0 Å². The number of hydrazine groups is 1. The summed E-state index contributed by atoms with van der Waals surface area (Å²) in [5, 5.41) is 4.48. The molecule has 0 aromatic heterocycles. The van der Waals surface area contributed by atoms with Crippen LogP contribution < -0.4 is 5.01 Å². The highest BCUT2D eigenvalue weighted by Crippen LogP contribution is 2.12. The van der Waals surface area contributed by atoms with E-state index in [0.717, 1.165) is 13.1 Å². The first-order valence-electron chi connectivity index (χ1n) is 4.83. The Hall–Kier alpha value is -0.730. The molecule has 0 saturated heterocycles. The molecule has 0 saturated carbocycles. The summed E-state index contributed by atoms with van der Waals surface area (Å²) in [5.41, 5.74) is 1.24. The fourth-order valence-electron chi connectivity index (χ4n) is 1.45. The molecule has 1 aromatic rings. The Bertz CT molecular complexity index is 234. The lowest BCUT2D eigenvalue weighted by atomic mass is 10.3. The van der Waals surface area contributed by atoms with Crippen LogP contribution in [0.3, 0.4) is 0 Å². The van der Waals surface area contributed by atoms with E-state index < -0.39 is 0 Å². The van der Waals surface area contributed by atoms with Crippen LogP contribution in [0.25, 0.3) is 0 Å². The highest BCUT2D eigenvalue weighted by Gasteiger charge is 2.05. The molecular formula is C11H19ClN2. The van der Waals surface area contributed by atoms with E-state index in [-0.39, 0.29) is 12.4 Å². The fourth-order valence-corrected chi connectivity index (χ4v) is 1.45. The molecule has 0 aliphatic carbocycles. The summed E-state index contributed by atoms with van der Waals surface area (Å²) >= 11 is 0. The van der Waals surface area contributed by atoms with E-state index in [9.17, 15) is 0 Å². The summed E-state index contributed by atoms with van der Waals surface area (Å²) in [5.74, 6) is 0. The predicted molar refractivity (Wildman–Crippen MR) is 65.0 cm³/mol. The van der Waals surface area contributed by atoms with Crippen molar-refractivity contribution in [3.63, 3.8) is 0 Å². The maximum atomic E-state index is 2.29. The van der Waals surface area contributed by atoms with Crippen molar-refractivity contribution in [1.29, 1.82) is 0 Å². The Morgan fingerprint density at radius 2 is 1.50 bits per heavy atom. The molecule has 1 aromatic carbocycles. The molecule has 80 valence electrons. The summed E-state index contributed by atoms with van der Waals surface area (Å²) in [4.78, 5) is 0. The van der Waals surface area contributed by atoms with E-state index in [1.165, 1.54) is 5.69 Å². The maximum Gasteiger partial charge on any atom is 0.0518 e. The number of benzene rings is 1. The van der Waals surface area contributed by atoms with Gasteiger partial charge in [-0.2, -0.15) is 0 Å². The average Bonchev–Trinajstić information content (AvgIpc) is 2.21. The maximum absolute atomic E-state index is 2.29. The van der Waals surface area contributed by atoms with Crippen LogP contribution in [0.15, 0.2) is 30.3 Å². The minimum Gasteiger partial charge on any atom is -0.309 e. The minimum atomic E-state index is 0. The quantitative estimate of drug-likeness (QED) is 0.712. The van der Waals surface area contributed by atoms with Crippen molar-refractivity contribution in [2.45, 2.75) is 13.8 Å². The van der Waals surface area contributed by atoms with Gasteiger partial charge in [-0.05, 0) is 12.1 Å². The van der Waals surface area contributed by atoms with Crippen LogP contribution in [0.1, 0.15) is 13.8 Å². The van der Waals surface area contributed by atoms with E-state index in [4.69, 9.17) is 0 Å². The average molecular weight is 215 g/mol. The normalized spacial score (nSPS) is 9.71. The Morgan fingerprint density at radius 1 is 1.00 bits per heavy atom. The topological polar surface area (TPSA) is 6.48 Å². The largest absolute Gasteiger partial charge is 0.309 e. The number of hydrogen-bond donors (Lipinski definition) is 0. The van der Waals surface area contributed by atoms with Gasteiger partial charge in [-0.3, -0.25) is 0 Å². The van der Waals surface area contributed by atoms with E-state index >= 15 is 0 Å². The van der Waals surface area contributed by atoms with Gasteiger partial charge in [0.2, 0.25) is 0 Å². The van der Waals surface area contributed by atoms with Gasteiger partial charge in [0, 0.05) is 20.1 Å². The van der Waals surface area contributed by atoms with Crippen molar-refractivity contribution >= 4 is 18.1 Å². The lowest BCUT2D eigenvalue weighted by Crippen LogP contribution is -2.39. The first kappa shape index (κ1) is 13.3. The number of anilines is 1. The van der Waals surface area contributed by atoms with E-state index in [1.807, 2.05) is 6.07 Å². The second-order valence-corrected chi connectivity index (χ2v) is 3.00. The van der Waals surface area contributed by atoms with Gasteiger partial charge in [0.25, 0.3) is 0 Å². The molecule has 0 aliphatic heterocycles. The zero-order valence-electron chi connectivity index (χ0n) is 9.10. The Balaban J connectivity index is 0.00000169. The van der Waals surface area contributed by atoms with Crippen LogP contribution in [0, 0.1) is 0 Å². The van der Waals surface area contributed by atoms with Crippen molar-refractivity contribution in [3.8, 4) is 0 Å². The van der Waals surface area contributed by atoms with E-state index in [2.05, 4.69) is 55.2 Å². The van der Waals surface area contributed by atoms with Crippen LogP contribution >= 0.6 is 12.4 Å². The van der Waals surface area contributed by atoms with E-state index in [1.54, 1.807) is 0 Å². The van der Waals surface area contributed by atoms with Crippen LogP contribution in [-0.4, -0.2) is 25.1 Å². The molecule has 3 heteroatoms. The van der Waals surface area contributed by atoms with Gasteiger partial charge in [0.15, 0.2) is 0 Å². The number of para-hydroxylation sites is 1. The molecule has 0 bridgehead atoms. The SMILES string of the molecule is CCN(CC)N(C)c1ccccc1.Cl. The van der Waals surface area contributed by atoms with Gasteiger partial charge < -0.3 is 5.01 Å². The monoisotopic (exact) mass is 214 g/mol. The lowest BCUT2D eigenvalue weighted by molar-refractivity contribution is 0.294. The van der Waals surface area contributed by atoms with Gasteiger partial charge in [-0.15, -0.1) is 12.4 Å². The van der Waals surface area contributed by atoms with Gasteiger partial charge in [0.05, 0.1) is 5.69 Å². The fraction of sp³-hybridized carbons (Fsp3) is 0.455. The Morgan fingerprint density at radius 3 is 1.93 bits per heavy atom. The van der Waals surface area contributed by atoms with Crippen molar-refractivity contribution in [2.24, 2.45) is 0 Å². The minimum absolute atomic E-state index is 0. The summed E-state index contributed by atoms with van der Waals surface area (Å²) < 4.78 is 0. The van der Waals surface area contributed by atoms with Gasteiger partial charge in [0.1, 0.15) is 0 Å². The number of rotatable bonds is 4. The van der Waals surface area contributed by atoms with Crippen molar-refractivity contribution in [3.05, 3.63) is 30.3 Å². The highest BCUT2D eigenvalue weighted by molar-refractivity contribution is 5.85. The molecule has 1 rings (SSSR count). The van der Waals surface area contributed by atoms with Crippen molar-refractivity contribution < 1.29 is 0 Å². The molecule has 2 nitrogen and oxygen atoms in total. The third kappa shape index (κ3) is 3.20. The number of nitrogens with zero attached hydrogens (tertiary/aromatic N) is 2. The van der Waals surface area contributed by atoms with Gasteiger partial charge in [-0.1, -0.05) is 32.0 Å². The first-order chi connectivity index (χ1) is 6.29. The molecular weight excluding hydrogens is 196 g/mol. The molecule has 0 fully saturated rings. The number of hydrogen-bond acceptors (Lipinski definition) is 2. The molecule has 0 heterocycles. The highest BCUT2D eigenvalue weighted by atomic mass is 35.5. The molecule has 0 spiro atoms. The van der Waals surface area contributed by atoms with Crippen LogP contribution in [0.4, 0.5) is 5.69 Å². The standard InChI is InChI=1S/C11H18N2.ClH/c1-4-13(5-2)12(3)11-9-7-6-8-10-11;/h6-10H,4-5H2,1-3H3;1H. The summed E-state index contributed by atoms with van der Waals surface area (Å²) in [6, 6.07) is 10.4. The first-order valence-corrected chi connectivity index (χ1v) is 4.83. The second kappa shape index (κ2) is 6.68. The molecule has 14 heavy (non-hydrogen) atoms. The zero-order valence-corrected chi connectivity index (χ0v) is 9.92. The predicted octanol–water partition coefficient (Wildman–Crippen LogP) is 2.80. The molecule has 0 radical (unpaired) electrons. The van der Waals surface area contributed by atoms with Gasteiger partial charge in [-0.25, -0.2) is 5.01 Å². The van der Waals surface area contributed by atoms with Crippen molar-refractivity contribution in [1.82, 2.24) is 5.01 Å². The van der Waals surface area contributed by atoms with Gasteiger partial charge >= 0.3 is 0 Å². The van der Waals surface area contributed by atoms with Crippen molar-refractivity contribution in [2.75, 3.05) is 25.1 Å². The molecule has 0 amide bonds. The molecule has 0 unspecified atom stereocenters. The second-order valence-electron chi connectivity index (χ2n) is 3.00. The third-order valence-corrected chi connectivity index (χ3v) is 2.28. The zero-order chi connectivity index (χ0) is 9.68. The Kier molecular flexibility index (Phi) is 6.34. The smallest absolute Gasteiger partial charge is 0.0518 e. The van der Waals surface area contributed by atoms with Crippen LogP contribution in [-0.2, 0) is 0 Å². The summed E-state index contributed by atoms with van der Waals surface area (Å²) in [7, 11) is 2.10. The molecule has 0 atom stereocenters. The Labute approximate surface area is 92.9 Å². The molecule has 0 N–H and O–H groups in total. The molecule has 0 aliphatic rings. The lowest BCUT2D eigenvalue weighted by Gasteiger charge is -2.31. The summed E-state index contributed by atoms with van der Waals surface area (Å²) in [6.07, 6.45) is 0. The van der Waals surface area contributed by atoms with E-state index in [0.29, 0.717) is 0 Å². The summed E-state index contributed by atoms with van der Waals surface area (Å²) in [6.45, 7) is 6.43. The third-order valence-electron chi connectivity index (χ3n) is 2.28.